The molecule has 7 nitrogen and oxygen atoms in total. The van der Waals surface area contributed by atoms with Gasteiger partial charge in [0.25, 0.3) is 5.91 Å². The van der Waals surface area contributed by atoms with Crippen LogP contribution in [-0.4, -0.2) is 36.1 Å². The number of hydrogen-bond donors (Lipinski definition) is 2. The smallest absolute Gasteiger partial charge is 0.270 e. The summed E-state index contributed by atoms with van der Waals surface area (Å²) in [6.07, 6.45) is 5.68. The molecule has 0 spiro atoms. The third kappa shape index (κ3) is 5.12. The fourth-order valence-electron chi connectivity index (χ4n) is 3.44. The first kappa shape index (κ1) is 19.9. The lowest BCUT2D eigenvalue weighted by Gasteiger charge is -2.22. The lowest BCUT2D eigenvalue weighted by molar-refractivity contribution is 0.0922. The number of aryl methyl sites for hydroxylation is 1. The number of aromatic nitrogens is 2. The number of ether oxygens (including phenoxy) is 2. The van der Waals surface area contributed by atoms with Crippen molar-refractivity contribution in [1.29, 1.82) is 0 Å². The van der Waals surface area contributed by atoms with Gasteiger partial charge < -0.3 is 20.1 Å². The normalized spacial score (nSPS) is 14.4. The van der Waals surface area contributed by atoms with Crippen LogP contribution in [0.2, 0.25) is 0 Å². The Morgan fingerprint density at radius 3 is 2.54 bits per heavy atom. The molecule has 1 aliphatic carbocycles. The maximum atomic E-state index is 12.6. The Labute approximate surface area is 165 Å². The molecule has 0 saturated heterocycles. The third-order valence-electron chi connectivity index (χ3n) is 4.93. The van der Waals surface area contributed by atoms with Gasteiger partial charge in [0.1, 0.15) is 5.69 Å². The number of carbonyl (C=O) groups is 1. The molecule has 1 aromatic heterocycles. The second-order valence-electron chi connectivity index (χ2n) is 7.07. The van der Waals surface area contributed by atoms with Crippen molar-refractivity contribution in [3.63, 3.8) is 0 Å². The fourth-order valence-corrected chi connectivity index (χ4v) is 3.44. The summed E-state index contributed by atoms with van der Waals surface area (Å²) in [7, 11) is 3.21. The first-order valence-corrected chi connectivity index (χ1v) is 9.70. The molecule has 1 saturated carbocycles. The van der Waals surface area contributed by atoms with Crippen molar-refractivity contribution in [1.82, 2.24) is 15.3 Å². The van der Waals surface area contributed by atoms with Crippen LogP contribution in [0.5, 0.6) is 11.5 Å². The maximum absolute atomic E-state index is 12.6. The number of anilines is 1. The summed E-state index contributed by atoms with van der Waals surface area (Å²) in [5.74, 6) is 1.65. The zero-order valence-corrected chi connectivity index (χ0v) is 16.7. The van der Waals surface area contributed by atoms with E-state index in [0.717, 1.165) is 24.1 Å². The van der Waals surface area contributed by atoms with Gasteiger partial charge in [-0.1, -0.05) is 25.3 Å². The molecule has 0 radical (unpaired) electrons. The maximum Gasteiger partial charge on any atom is 0.270 e. The molecule has 1 fully saturated rings. The Kier molecular flexibility index (Phi) is 6.68. The molecule has 2 N–H and O–H groups in total. The van der Waals surface area contributed by atoms with Crippen molar-refractivity contribution >= 4 is 11.9 Å². The Balaban J connectivity index is 1.66. The van der Waals surface area contributed by atoms with Crippen LogP contribution in [0.3, 0.4) is 0 Å². The first-order chi connectivity index (χ1) is 13.6. The molecule has 1 amide bonds. The van der Waals surface area contributed by atoms with E-state index in [9.17, 15) is 4.79 Å². The molecule has 150 valence electrons. The second-order valence-corrected chi connectivity index (χ2v) is 7.07. The van der Waals surface area contributed by atoms with Crippen molar-refractivity contribution in [2.24, 2.45) is 0 Å². The van der Waals surface area contributed by atoms with E-state index in [1.54, 1.807) is 20.3 Å². The Morgan fingerprint density at radius 1 is 1.07 bits per heavy atom. The van der Waals surface area contributed by atoms with Gasteiger partial charge in [0.15, 0.2) is 11.5 Å². The van der Waals surface area contributed by atoms with Gasteiger partial charge in [0.2, 0.25) is 5.95 Å². The molecule has 3 rings (SSSR count). The van der Waals surface area contributed by atoms with E-state index in [4.69, 9.17) is 9.47 Å². The summed E-state index contributed by atoms with van der Waals surface area (Å²) in [5.41, 5.74) is 2.14. The highest BCUT2D eigenvalue weighted by atomic mass is 16.5. The van der Waals surface area contributed by atoms with E-state index in [1.165, 1.54) is 19.3 Å². The quantitative estimate of drug-likeness (QED) is 0.760. The van der Waals surface area contributed by atoms with E-state index < -0.39 is 0 Å². The Morgan fingerprint density at radius 2 is 1.82 bits per heavy atom. The van der Waals surface area contributed by atoms with Gasteiger partial charge in [0, 0.05) is 18.3 Å². The minimum atomic E-state index is -0.133. The number of hydrogen-bond acceptors (Lipinski definition) is 6. The van der Waals surface area contributed by atoms with Gasteiger partial charge >= 0.3 is 0 Å². The zero-order valence-electron chi connectivity index (χ0n) is 16.7. The average molecular weight is 384 g/mol. The van der Waals surface area contributed by atoms with Crippen molar-refractivity contribution in [2.75, 3.05) is 19.5 Å². The van der Waals surface area contributed by atoms with Gasteiger partial charge in [-0.3, -0.25) is 4.79 Å². The molecule has 1 aromatic carbocycles. The van der Waals surface area contributed by atoms with E-state index in [2.05, 4.69) is 20.6 Å². The number of carbonyl (C=O) groups excluding carboxylic acids is 1. The highest BCUT2D eigenvalue weighted by Gasteiger charge is 2.18. The van der Waals surface area contributed by atoms with Crippen LogP contribution in [0.25, 0.3) is 0 Å². The highest BCUT2D eigenvalue weighted by molar-refractivity contribution is 5.92. The Bertz CT molecular complexity index is 819. The van der Waals surface area contributed by atoms with Gasteiger partial charge in [-0.15, -0.1) is 0 Å². The van der Waals surface area contributed by atoms with E-state index in [0.29, 0.717) is 29.7 Å². The zero-order chi connectivity index (χ0) is 19.9. The molecular weight excluding hydrogens is 356 g/mol. The summed E-state index contributed by atoms with van der Waals surface area (Å²) >= 11 is 0. The molecule has 28 heavy (non-hydrogen) atoms. The second kappa shape index (κ2) is 9.39. The van der Waals surface area contributed by atoms with Crippen LogP contribution < -0.4 is 20.1 Å². The predicted octanol–water partition coefficient (Wildman–Crippen LogP) is 3.48. The number of rotatable bonds is 7. The first-order valence-electron chi connectivity index (χ1n) is 9.70. The molecule has 0 bridgehead atoms. The molecule has 0 atom stereocenters. The Hall–Kier alpha value is -2.83. The SMILES string of the molecule is COc1ccc(CNc2nc(C)cc(C(=O)NC3CCCCC3)n2)cc1OC. The summed E-state index contributed by atoms with van der Waals surface area (Å²) < 4.78 is 10.6. The van der Waals surface area contributed by atoms with Crippen LogP contribution in [0.1, 0.15) is 53.8 Å². The van der Waals surface area contributed by atoms with E-state index >= 15 is 0 Å². The molecular formula is C21H28N4O3. The van der Waals surface area contributed by atoms with Crippen molar-refractivity contribution in [3.8, 4) is 11.5 Å². The van der Waals surface area contributed by atoms with Gasteiger partial charge in [-0.2, -0.15) is 0 Å². The minimum absolute atomic E-state index is 0.133. The van der Waals surface area contributed by atoms with Crippen LogP contribution in [0.15, 0.2) is 24.3 Å². The lowest BCUT2D eigenvalue weighted by Crippen LogP contribution is -2.36. The molecule has 1 aliphatic rings. The largest absolute Gasteiger partial charge is 0.493 e. The highest BCUT2D eigenvalue weighted by Crippen LogP contribution is 2.27. The summed E-state index contributed by atoms with van der Waals surface area (Å²) in [5, 5.41) is 6.29. The molecule has 2 aromatic rings. The van der Waals surface area contributed by atoms with Crippen LogP contribution in [0.4, 0.5) is 5.95 Å². The standard InChI is InChI=1S/C21H28N4O3/c1-14-11-17(20(26)24-16-7-5-4-6-8-16)25-21(23-14)22-13-15-9-10-18(27-2)19(12-15)28-3/h9-12,16H,4-8,13H2,1-3H3,(H,24,26)(H,22,23,25). The summed E-state index contributed by atoms with van der Waals surface area (Å²) in [4.78, 5) is 21.4. The van der Waals surface area contributed by atoms with Gasteiger partial charge in [-0.05, 0) is 43.5 Å². The molecule has 1 heterocycles. The number of amides is 1. The topological polar surface area (TPSA) is 85.4 Å². The number of nitrogens with zero attached hydrogens (tertiary/aromatic N) is 2. The van der Waals surface area contributed by atoms with Crippen LogP contribution >= 0.6 is 0 Å². The van der Waals surface area contributed by atoms with Gasteiger partial charge in [0.05, 0.1) is 14.2 Å². The average Bonchev–Trinajstić information content (AvgIpc) is 2.72. The fraction of sp³-hybridized carbons (Fsp3) is 0.476. The number of benzene rings is 1. The molecule has 7 heteroatoms. The van der Waals surface area contributed by atoms with Crippen LogP contribution in [0, 0.1) is 6.92 Å². The summed E-state index contributed by atoms with van der Waals surface area (Å²) in [6.45, 7) is 2.37. The van der Waals surface area contributed by atoms with Gasteiger partial charge in [-0.25, -0.2) is 9.97 Å². The monoisotopic (exact) mass is 384 g/mol. The van der Waals surface area contributed by atoms with E-state index in [-0.39, 0.29) is 11.9 Å². The minimum Gasteiger partial charge on any atom is -0.493 e. The summed E-state index contributed by atoms with van der Waals surface area (Å²) in [6, 6.07) is 7.68. The predicted molar refractivity (Wildman–Crippen MR) is 108 cm³/mol. The van der Waals surface area contributed by atoms with Crippen molar-refractivity contribution in [3.05, 3.63) is 41.2 Å². The molecule has 0 aliphatic heterocycles. The number of methoxy groups -OCH3 is 2. The lowest BCUT2D eigenvalue weighted by atomic mass is 9.95. The van der Waals surface area contributed by atoms with E-state index in [1.807, 2.05) is 25.1 Å². The van der Waals surface area contributed by atoms with Crippen molar-refractivity contribution in [2.45, 2.75) is 51.6 Å². The molecule has 0 unspecified atom stereocenters. The van der Waals surface area contributed by atoms with Crippen LogP contribution in [-0.2, 0) is 6.54 Å². The third-order valence-corrected chi connectivity index (χ3v) is 4.93. The van der Waals surface area contributed by atoms with Crippen molar-refractivity contribution < 1.29 is 14.3 Å². The number of nitrogens with one attached hydrogen (secondary N) is 2.